The van der Waals surface area contributed by atoms with Crippen LogP contribution in [0.15, 0.2) is 78.9 Å². The molecular formula is C22H21FN2O2. The summed E-state index contributed by atoms with van der Waals surface area (Å²) in [5.41, 5.74) is 2.04. The van der Waals surface area contributed by atoms with Crippen LogP contribution in [0.2, 0.25) is 0 Å². The maximum absolute atomic E-state index is 13.6. The molecule has 0 heterocycles. The Morgan fingerprint density at radius 2 is 1.63 bits per heavy atom. The molecule has 0 aliphatic carbocycles. The largest absolute Gasteiger partial charge is 0.489 e. The van der Waals surface area contributed by atoms with Gasteiger partial charge in [0.1, 0.15) is 24.2 Å². The summed E-state index contributed by atoms with van der Waals surface area (Å²) >= 11 is 0. The summed E-state index contributed by atoms with van der Waals surface area (Å²) < 4.78 is 19.4. The Labute approximate surface area is 158 Å². The van der Waals surface area contributed by atoms with Crippen LogP contribution in [0.3, 0.4) is 0 Å². The quantitative estimate of drug-likeness (QED) is 0.630. The van der Waals surface area contributed by atoms with Crippen LogP contribution < -0.4 is 15.4 Å². The smallest absolute Gasteiger partial charge is 0.246 e. The van der Waals surface area contributed by atoms with Crippen LogP contribution in [-0.4, -0.2) is 11.9 Å². The lowest BCUT2D eigenvalue weighted by atomic mass is 10.2. The SMILES string of the molecule is C[C@H](Nc1ccc(OCc2ccccc2)cc1)C(=O)Nc1ccccc1F. The molecule has 0 spiro atoms. The van der Waals surface area contributed by atoms with Crippen molar-refractivity contribution in [2.45, 2.75) is 19.6 Å². The van der Waals surface area contributed by atoms with E-state index in [4.69, 9.17) is 4.74 Å². The second kappa shape index (κ2) is 8.85. The van der Waals surface area contributed by atoms with Crippen molar-refractivity contribution < 1.29 is 13.9 Å². The van der Waals surface area contributed by atoms with E-state index < -0.39 is 11.9 Å². The fourth-order valence-electron chi connectivity index (χ4n) is 2.51. The van der Waals surface area contributed by atoms with Crippen LogP contribution in [0.4, 0.5) is 15.8 Å². The number of halogens is 1. The zero-order chi connectivity index (χ0) is 19.1. The maximum atomic E-state index is 13.6. The third-order valence-corrected chi connectivity index (χ3v) is 4.01. The molecular weight excluding hydrogens is 343 g/mol. The van der Waals surface area contributed by atoms with Crippen LogP contribution in [-0.2, 0) is 11.4 Å². The van der Waals surface area contributed by atoms with Crippen molar-refractivity contribution in [2.24, 2.45) is 0 Å². The fraction of sp³-hybridized carbons (Fsp3) is 0.136. The molecule has 5 heteroatoms. The third kappa shape index (κ3) is 5.31. The molecule has 4 nitrogen and oxygen atoms in total. The molecule has 3 aromatic carbocycles. The van der Waals surface area contributed by atoms with Gasteiger partial charge in [0.25, 0.3) is 0 Å². The number of para-hydroxylation sites is 1. The van der Waals surface area contributed by atoms with Gasteiger partial charge < -0.3 is 15.4 Å². The molecule has 138 valence electrons. The zero-order valence-corrected chi connectivity index (χ0v) is 15.0. The van der Waals surface area contributed by atoms with Gasteiger partial charge in [-0.05, 0) is 48.9 Å². The van der Waals surface area contributed by atoms with E-state index in [9.17, 15) is 9.18 Å². The van der Waals surface area contributed by atoms with Crippen molar-refractivity contribution in [3.8, 4) is 5.75 Å². The fourth-order valence-corrected chi connectivity index (χ4v) is 2.51. The van der Waals surface area contributed by atoms with E-state index >= 15 is 0 Å². The number of amides is 1. The van der Waals surface area contributed by atoms with Crippen molar-refractivity contribution in [3.63, 3.8) is 0 Å². The minimum Gasteiger partial charge on any atom is -0.489 e. The van der Waals surface area contributed by atoms with Gasteiger partial charge >= 0.3 is 0 Å². The van der Waals surface area contributed by atoms with E-state index in [0.717, 1.165) is 17.0 Å². The average Bonchev–Trinajstić information content (AvgIpc) is 2.70. The first-order valence-electron chi connectivity index (χ1n) is 8.70. The Kier molecular flexibility index (Phi) is 6.05. The minimum atomic E-state index is -0.527. The molecule has 0 bridgehead atoms. The Balaban J connectivity index is 1.52. The molecule has 0 aromatic heterocycles. The second-order valence-corrected chi connectivity index (χ2v) is 6.13. The van der Waals surface area contributed by atoms with Gasteiger partial charge in [-0.3, -0.25) is 4.79 Å². The Morgan fingerprint density at radius 1 is 0.963 bits per heavy atom. The molecule has 0 radical (unpaired) electrons. The number of hydrogen-bond donors (Lipinski definition) is 2. The number of ether oxygens (including phenoxy) is 1. The highest BCUT2D eigenvalue weighted by atomic mass is 19.1. The van der Waals surface area contributed by atoms with Crippen LogP contribution >= 0.6 is 0 Å². The van der Waals surface area contributed by atoms with Crippen molar-refractivity contribution in [1.29, 1.82) is 0 Å². The minimum absolute atomic E-state index is 0.167. The van der Waals surface area contributed by atoms with E-state index in [1.807, 2.05) is 54.6 Å². The van der Waals surface area contributed by atoms with Crippen LogP contribution in [0, 0.1) is 5.82 Å². The topological polar surface area (TPSA) is 50.4 Å². The van der Waals surface area contributed by atoms with Gasteiger partial charge in [-0.15, -0.1) is 0 Å². The Hall–Kier alpha value is -3.34. The first kappa shape index (κ1) is 18.5. The summed E-state index contributed by atoms with van der Waals surface area (Å²) in [5.74, 6) is -0.0321. The number of nitrogens with one attached hydrogen (secondary N) is 2. The lowest BCUT2D eigenvalue weighted by molar-refractivity contribution is -0.116. The van der Waals surface area contributed by atoms with Gasteiger partial charge in [-0.25, -0.2) is 4.39 Å². The summed E-state index contributed by atoms with van der Waals surface area (Å²) in [6, 6.07) is 22.8. The number of carbonyl (C=O) groups excluding carboxylic acids is 1. The van der Waals surface area contributed by atoms with Gasteiger partial charge in [-0.2, -0.15) is 0 Å². The predicted octanol–water partition coefficient (Wildman–Crippen LogP) is 4.84. The van der Waals surface area contributed by atoms with Crippen molar-refractivity contribution >= 4 is 17.3 Å². The molecule has 2 N–H and O–H groups in total. The molecule has 0 aliphatic rings. The standard InChI is InChI=1S/C22H21FN2O2/c1-16(22(26)25-21-10-6-5-9-20(21)23)24-18-11-13-19(14-12-18)27-15-17-7-3-2-4-8-17/h2-14,16,24H,15H2,1H3,(H,25,26)/t16-/m0/s1. The summed E-state index contributed by atoms with van der Waals surface area (Å²) in [6.07, 6.45) is 0. The van der Waals surface area contributed by atoms with Crippen LogP contribution in [0.1, 0.15) is 12.5 Å². The first-order chi connectivity index (χ1) is 13.1. The summed E-state index contributed by atoms with van der Waals surface area (Å²) in [4.78, 5) is 12.2. The lowest BCUT2D eigenvalue weighted by Gasteiger charge is -2.16. The Bertz CT molecular complexity index is 882. The normalized spacial score (nSPS) is 11.5. The molecule has 1 amide bonds. The van der Waals surface area contributed by atoms with Gasteiger partial charge in [0, 0.05) is 5.69 Å². The highest BCUT2D eigenvalue weighted by molar-refractivity contribution is 5.96. The van der Waals surface area contributed by atoms with Crippen molar-refractivity contribution in [2.75, 3.05) is 10.6 Å². The molecule has 27 heavy (non-hydrogen) atoms. The highest BCUT2D eigenvalue weighted by Crippen LogP contribution is 2.18. The lowest BCUT2D eigenvalue weighted by Crippen LogP contribution is -2.32. The molecule has 0 fully saturated rings. The van der Waals surface area contributed by atoms with E-state index in [2.05, 4.69) is 10.6 Å². The molecule has 0 aliphatic heterocycles. The monoisotopic (exact) mass is 364 g/mol. The molecule has 0 saturated carbocycles. The molecule has 1 atom stereocenters. The van der Waals surface area contributed by atoms with Crippen LogP contribution in [0.25, 0.3) is 0 Å². The van der Waals surface area contributed by atoms with Crippen molar-refractivity contribution in [3.05, 3.63) is 90.2 Å². The van der Waals surface area contributed by atoms with Crippen molar-refractivity contribution in [1.82, 2.24) is 0 Å². The molecule has 3 rings (SSSR count). The summed E-state index contributed by atoms with van der Waals surface area (Å²) in [7, 11) is 0. The molecule has 3 aromatic rings. The number of rotatable bonds is 7. The number of carbonyl (C=O) groups is 1. The molecule has 0 saturated heterocycles. The Morgan fingerprint density at radius 3 is 2.33 bits per heavy atom. The maximum Gasteiger partial charge on any atom is 0.246 e. The number of anilines is 2. The van der Waals surface area contributed by atoms with Gasteiger partial charge in [0.2, 0.25) is 5.91 Å². The number of hydrogen-bond acceptors (Lipinski definition) is 3. The summed E-state index contributed by atoms with van der Waals surface area (Å²) in [6.45, 7) is 2.21. The third-order valence-electron chi connectivity index (χ3n) is 4.01. The van der Waals surface area contributed by atoms with Gasteiger partial charge in [0.05, 0.1) is 5.69 Å². The van der Waals surface area contributed by atoms with E-state index in [1.165, 1.54) is 12.1 Å². The highest BCUT2D eigenvalue weighted by Gasteiger charge is 2.14. The van der Waals surface area contributed by atoms with E-state index in [-0.39, 0.29) is 11.6 Å². The second-order valence-electron chi connectivity index (χ2n) is 6.13. The molecule has 0 unspecified atom stereocenters. The predicted molar refractivity (Wildman–Crippen MR) is 105 cm³/mol. The zero-order valence-electron chi connectivity index (χ0n) is 15.0. The van der Waals surface area contributed by atoms with Gasteiger partial charge in [-0.1, -0.05) is 42.5 Å². The average molecular weight is 364 g/mol. The summed E-state index contributed by atoms with van der Waals surface area (Å²) in [5, 5.41) is 5.67. The van der Waals surface area contributed by atoms with Crippen LogP contribution in [0.5, 0.6) is 5.75 Å². The van der Waals surface area contributed by atoms with Gasteiger partial charge in [0.15, 0.2) is 0 Å². The number of benzene rings is 3. The van der Waals surface area contributed by atoms with E-state index in [1.54, 1.807) is 19.1 Å². The van der Waals surface area contributed by atoms with E-state index in [0.29, 0.717) is 6.61 Å². The first-order valence-corrected chi connectivity index (χ1v) is 8.70.